The molecule has 3 heterocycles. The monoisotopic (exact) mass is 465 g/mol. The lowest BCUT2D eigenvalue weighted by Crippen LogP contribution is -2.47. The van der Waals surface area contributed by atoms with Crippen molar-refractivity contribution < 1.29 is 4.79 Å². The first kappa shape index (κ1) is 20.5. The number of aromatic nitrogens is 2. The van der Waals surface area contributed by atoms with Crippen LogP contribution in [-0.4, -0.2) is 53.5 Å². The molecule has 1 aromatic carbocycles. The molecule has 1 aliphatic rings. The first-order valence-corrected chi connectivity index (χ1v) is 10.9. The van der Waals surface area contributed by atoms with Gasteiger partial charge < -0.3 is 10.2 Å². The number of carbonyl (C=O) groups excluding carboxylic acids is 1. The summed E-state index contributed by atoms with van der Waals surface area (Å²) in [4.78, 5) is 25.7. The molecule has 6 nitrogen and oxygen atoms in total. The SMILES string of the molecule is O=C(Nc1ccccc1N1CCN(CCc2ccncc2)CC1)c1cncc(Br)c1. The number of hydrogen-bond donors (Lipinski definition) is 1. The van der Waals surface area contributed by atoms with E-state index >= 15 is 0 Å². The molecule has 1 aliphatic heterocycles. The second-order valence-corrected chi connectivity index (χ2v) is 8.21. The summed E-state index contributed by atoms with van der Waals surface area (Å²) in [7, 11) is 0. The highest BCUT2D eigenvalue weighted by atomic mass is 79.9. The molecule has 1 amide bonds. The van der Waals surface area contributed by atoms with E-state index in [0.717, 1.165) is 55.0 Å². The summed E-state index contributed by atoms with van der Waals surface area (Å²) in [6, 6.07) is 13.9. The number of piperazine rings is 1. The molecule has 7 heteroatoms. The van der Waals surface area contributed by atoms with Crippen molar-refractivity contribution in [1.82, 2.24) is 14.9 Å². The lowest BCUT2D eigenvalue weighted by Gasteiger charge is -2.37. The summed E-state index contributed by atoms with van der Waals surface area (Å²) >= 11 is 3.37. The Morgan fingerprint density at radius 1 is 1.00 bits per heavy atom. The van der Waals surface area contributed by atoms with Gasteiger partial charge in [0, 0.05) is 62.0 Å². The molecule has 0 aliphatic carbocycles. The van der Waals surface area contributed by atoms with Crippen molar-refractivity contribution in [3.63, 3.8) is 0 Å². The van der Waals surface area contributed by atoms with Crippen LogP contribution in [0.2, 0.25) is 0 Å². The van der Waals surface area contributed by atoms with Crippen molar-refractivity contribution in [2.75, 3.05) is 42.9 Å². The number of pyridine rings is 2. The first-order chi connectivity index (χ1) is 14.7. The molecule has 3 aromatic rings. The molecule has 0 unspecified atom stereocenters. The van der Waals surface area contributed by atoms with Gasteiger partial charge in [0.05, 0.1) is 16.9 Å². The van der Waals surface area contributed by atoms with E-state index < -0.39 is 0 Å². The van der Waals surface area contributed by atoms with Gasteiger partial charge in [-0.25, -0.2) is 0 Å². The minimum atomic E-state index is -0.160. The van der Waals surface area contributed by atoms with Crippen molar-refractivity contribution in [3.8, 4) is 0 Å². The number of benzene rings is 1. The highest BCUT2D eigenvalue weighted by molar-refractivity contribution is 9.10. The van der Waals surface area contributed by atoms with E-state index in [1.54, 1.807) is 18.5 Å². The summed E-state index contributed by atoms with van der Waals surface area (Å²) in [5, 5.41) is 3.05. The number of para-hydroxylation sites is 2. The maximum Gasteiger partial charge on any atom is 0.257 e. The second kappa shape index (κ2) is 9.82. The Balaban J connectivity index is 1.36. The topological polar surface area (TPSA) is 61.4 Å². The fraction of sp³-hybridized carbons (Fsp3) is 0.261. The van der Waals surface area contributed by atoms with E-state index in [9.17, 15) is 4.79 Å². The second-order valence-electron chi connectivity index (χ2n) is 7.30. The van der Waals surface area contributed by atoms with Crippen molar-refractivity contribution in [1.29, 1.82) is 0 Å². The van der Waals surface area contributed by atoms with Crippen LogP contribution in [0.3, 0.4) is 0 Å². The fourth-order valence-corrected chi connectivity index (χ4v) is 4.00. The summed E-state index contributed by atoms with van der Waals surface area (Å²) in [5.74, 6) is -0.160. The third-order valence-corrected chi connectivity index (χ3v) is 5.73. The number of carbonyl (C=O) groups is 1. The Morgan fingerprint density at radius 3 is 2.53 bits per heavy atom. The van der Waals surface area contributed by atoms with E-state index in [0.29, 0.717) is 5.56 Å². The van der Waals surface area contributed by atoms with Crippen LogP contribution in [0, 0.1) is 0 Å². The minimum Gasteiger partial charge on any atom is -0.367 e. The zero-order valence-electron chi connectivity index (χ0n) is 16.7. The third-order valence-electron chi connectivity index (χ3n) is 5.30. The average molecular weight is 466 g/mol. The largest absolute Gasteiger partial charge is 0.367 e. The van der Waals surface area contributed by atoms with Crippen LogP contribution in [0.5, 0.6) is 0 Å². The highest BCUT2D eigenvalue weighted by Crippen LogP contribution is 2.27. The minimum absolute atomic E-state index is 0.160. The van der Waals surface area contributed by atoms with E-state index in [4.69, 9.17) is 0 Å². The number of amides is 1. The van der Waals surface area contributed by atoms with Crippen molar-refractivity contribution in [3.05, 3.63) is 82.9 Å². The highest BCUT2D eigenvalue weighted by Gasteiger charge is 2.20. The van der Waals surface area contributed by atoms with Crippen LogP contribution in [0.4, 0.5) is 11.4 Å². The zero-order valence-corrected chi connectivity index (χ0v) is 18.3. The Bertz CT molecular complexity index is 990. The van der Waals surface area contributed by atoms with Crippen LogP contribution < -0.4 is 10.2 Å². The van der Waals surface area contributed by atoms with Gasteiger partial charge in [-0.3, -0.25) is 19.7 Å². The van der Waals surface area contributed by atoms with Crippen LogP contribution in [0.25, 0.3) is 0 Å². The summed E-state index contributed by atoms with van der Waals surface area (Å²) in [6.45, 7) is 4.92. The molecule has 0 spiro atoms. The molecule has 1 fully saturated rings. The van der Waals surface area contributed by atoms with Gasteiger partial charge in [0.25, 0.3) is 5.91 Å². The number of nitrogens with one attached hydrogen (secondary N) is 1. The Hall–Kier alpha value is -2.77. The van der Waals surface area contributed by atoms with Gasteiger partial charge in [0.15, 0.2) is 0 Å². The van der Waals surface area contributed by atoms with Crippen molar-refractivity contribution in [2.45, 2.75) is 6.42 Å². The number of nitrogens with zero attached hydrogens (tertiary/aromatic N) is 4. The van der Waals surface area contributed by atoms with Gasteiger partial charge in [-0.1, -0.05) is 12.1 Å². The van der Waals surface area contributed by atoms with Gasteiger partial charge in [0.1, 0.15) is 0 Å². The molecule has 4 rings (SSSR count). The summed E-state index contributed by atoms with van der Waals surface area (Å²) in [6.07, 6.45) is 7.98. The maximum atomic E-state index is 12.7. The van der Waals surface area contributed by atoms with Crippen LogP contribution >= 0.6 is 15.9 Å². The first-order valence-electron chi connectivity index (χ1n) is 10.1. The van der Waals surface area contributed by atoms with Gasteiger partial charge in [-0.05, 0) is 58.2 Å². The maximum absolute atomic E-state index is 12.7. The lowest BCUT2D eigenvalue weighted by atomic mass is 10.1. The van der Waals surface area contributed by atoms with E-state index in [-0.39, 0.29) is 5.91 Å². The van der Waals surface area contributed by atoms with Gasteiger partial charge in [-0.15, -0.1) is 0 Å². The molecule has 1 N–H and O–H groups in total. The number of halogens is 1. The van der Waals surface area contributed by atoms with Crippen LogP contribution in [0.1, 0.15) is 15.9 Å². The molecular weight excluding hydrogens is 442 g/mol. The van der Waals surface area contributed by atoms with E-state index in [2.05, 4.69) is 59.2 Å². The molecule has 0 saturated carbocycles. The molecule has 30 heavy (non-hydrogen) atoms. The number of anilines is 2. The van der Waals surface area contributed by atoms with Gasteiger partial charge >= 0.3 is 0 Å². The fourth-order valence-electron chi connectivity index (χ4n) is 3.63. The standard InChI is InChI=1S/C23H24BrN5O/c24-20-15-19(16-26-17-20)23(30)27-21-3-1-2-4-22(21)29-13-11-28(12-14-29)10-7-18-5-8-25-9-6-18/h1-6,8-9,15-17H,7,10-14H2,(H,27,30). The Labute approximate surface area is 185 Å². The number of hydrogen-bond acceptors (Lipinski definition) is 5. The molecule has 154 valence electrons. The van der Waals surface area contributed by atoms with E-state index in [1.165, 1.54) is 5.56 Å². The number of rotatable bonds is 6. The van der Waals surface area contributed by atoms with Gasteiger partial charge in [-0.2, -0.15) is 0 Å². The molecule has 0 radical (unpaired) electrons. The van der Waals surface area contributed by atoms with Crippen molar-refractivity contribution in [2.24, 2.45) is 0 Å². The zero-order chi connectivity index (χ0) is 20.8. The molecule has 0 atom stereocenters. The molecule has 2 aromatic heterocycles. The normalized spacial score (nSPS) is 14.5. The quantitative estimate of drug-likeness (QED) is 0.598. The summed E-state index contributed by atoms with van der Waals surface area (Å²) < 4.78 is 0.784. The molecular formula is C23H24BrN5O. The lowest BCUT2D eigenvalue weighted by molar-refractivity contribution is 0.102. The summed E-state index contributed by atoms with van der Waals surface area (Å²) in [5.41, 5.74) is 3.73. The third kappa shape index (κ3) is 5.23. The molecule has 0 bridgehead atoms. The average Bonchev–Trinajstić information content (AvgIpc) is 2.79. The van der Waals surface area contributed by atoms with Gasteiger partial charge in [0.2, 0.25) is 0 Å². The van der Waals surface area contributed by atoms with Crippen LogP contribution in [-0.2, 0) is 6.42 Å². The Morgan fingerprint density at radius 2 is 1.77 bits per heavy atom. The predicted octanol–water partition coefficient (Wildman–Crippen LogP) is 3.86. The predicted molar refractivity (Wildman–Crippen MR) is 123 cm³/mol. The van der Waals surface area contributed by atoms with E-state index in [1.807, 2.05) is 30.6 Å². The molecule has 1 saturated heterocycles. The van der Waals surface area contributed by atoms with Crippen LogP contribution in [0.15, 0.2) is 71.7 Å². The van der Waals surface area contributed by atoms with Crippen molar-refractivity contribution >= 4 is 33.2 Å². The Kier molecular flexibility index (Phi) is 6.71. The smallest absolute Gasteiger partial charge is 0.257 e.